The van der Waals surface area contributed by atoms with Gasteiger partial charge in [-0.3, -0.25) is 9.36 Å². The minimum Gasteiger partial charge on any atom is -0.294 e. The zero-order valence-corrected chi connectivity index (χ0v) is 17.5. The van der Waals surface area contributed by atoms with Crippen LogP contribution in [0.25, 0.3) is 10.2 Å². The van der Waals surface area contributed by atoms with E-state index in [2.05, 4.69) is 0 Å². The largest absolute Gasteiger partial charge is 0.308 e. The SMILES string of the molecule is CN(Cc1ccccc1)S(=O)(=O)c1ccc2c(c1)sc(=O)n2Cc1ccccc1. The molecule has 0 saturated carbocycles. The first kappa shape index (κ1) is 19.6. The molecule has 0 N–H and O–H groups in total. The van der Waals surface area contributed by atoms with Crippen molar-refractivity contribution < 1.29 is 8.42 Å². The van der Waals surface area contributed by atoms with E-state index in [1.54, 1.807) is 29.8 Å². The van der Waals surface area contributed by atoms with Crippen LogP contribution in [0.3, 0.4) is 0 Å². The molecular formula is C22H20N2O3S2. The van der Waals surface area contributed by atoms with Crippen LogP contribution in [0.4, 0.5) is 0 Å². The molecule has 0 bridgehead atoms. The highest BCUT2D eigenvalue weighted by Crippen LogP contribution is 2.25. The molecule has 148 valence electrons. The Balaban J connectivity index is 1.66. The third-order valence-corrected chi connectivity index (χ3v) is 7.52. The van der Waals surface area contributed by atoms with Gasteiger partial charge in [0.25, 0.3) is 0 Å². The maximum atomic E-state index is 13.0. The van der Waals surface area contributed by atoms with Crippen LogP contribution in [0.15, 0.2) is 88.6 Å². The van der Waals surface area contributed by atoms with E-state index in [0.29, 0.717) is 11.2 Å². The molecule has 4 aromatic rings. The van der Waals surface area contributed by atoms with Crippen molar-refractivity contribution >= 4 is 31.6 Å². The Morgan fingerprint density at radius 2 is 1.52 bits per heavy atom. The van der Waals surface area contributed by atoms with Crippen molar-refractivity contribution in [1.82, 2.24) is 8.87 Å². The Kier molecular flexibility index (Phi) is 5.36. The molecule has 29 heavy (non-hydrogen) atoms. The maximum Gasteiger partial charge on any atom is 0.308 e. The number of benzene rings is 3. The Labute approximate surface area is 173 Å². The van der Waals surface area contributed by atoms with Crippen LogP contribution in [0.2, 0.25) is 0 Å². The van der Waals surface area contributed by atoms with Crippen molar-refractivity contribution in [2.24, 2.45) is 0 Å². The number of aromatic nitrogens is 1. The predicted molar refractivity (Wildman–Crippen MR) is 117 cm³/mol. The van der Waals surface area contributed by atoms with E-state index >= 15 is 0 Å². The molecule has 1 heterocycles. The molecule has 5 nitrogen and oxygen atoms in total. The maximum absolute atomic E-state index is 13.0. The first-order valence-corrected chi connectivity index (χ1v) is 11.4. The normalized spacial score (nSPS) is 11.9. The van der Waals surface area contributed by atoms with E-state index < -0.39 is 10.0 Å². The third-order valence-electron chi connectivity index (χ3n) is 4.78. The van der Waals surface area contributed by atoms with Crippen molar-refractivity contribution in [3.63, 3.8) is 0 Å². The summed E-state index contributed by atoms with van der Waals surface area (Å²) in [5.74, 6) is 0. The topological polar surface area (TPSA) is 59.4 Å². The molecule has 0 atom stereocenters. The first-order chi connectivity index (χ1) is 13.9. The van der Waals surface area contributed by atoms with Gasteiger partial charge in [-0.1, -0.05) is 72.0 Å². The lowest BCUT2D eigenvalue weighted by molar-refractivity contribution is 0.467. The zero-order chi connectivity index (χ0) is 20.4. The monoisotopic (exact) mass is 424 g/mol. The lowest BCUT2D eigenvalue weighted by Crippen LogP contribution is -2.26. The van der Waals surface area contributed by atoms with Crippen LogP contribution >= 0.6 is 11.3 Å². The molecule has 0 aliphatic heterocycles. The summed E-state index contributed by atoms with van der Waals surface area (Å²) in [7, 11) is -2.10. The summed E-state index contributed by atoms with van der Waals surface area (Å²) in [6, 6.07) is 24.1. The summed E-state index contributed by atoms with van der Waals surface area (Å²) in [6.07, 6.45) is 0. The van der Waals surface area contributed by atoms with E-state index in [0.717, 1.165) is 28.0 Å². The van der Waals surface area contributed by atoms with Gasteiger partial charge in [-0.05, 0) is 29.3 Å². The summed E-state index contributed by atoms with van der Waals surface area (Å²) >= 11 is 1.07. The van der Waals surface area contributed by atoms with Gasteiger partial charge in [0, 0.05) is 13.6 Å². The van der Waals surface area contributed by atoms with E-state index in [9.17, 15) is 13.2 Å². The molecule has 0 aliphatic rings. The van der Waals surface area contributed by atoms with E-state index in [1.807, 2.05) is 60.7 Å². The van der Waals surface area contributed by atoms with E-state index in [4.69, 9.17) is 0 Å². The van der Waals surface area contributed by atoms with Gasteiger partial charge in [0.15, 0.2) is 0 Å². The fraction of sp³-hybridized carbons (Fsp3) is 0.136. The lowest BCUT2D eigenvalue weighted by atomic mass is 10.2. The number of hydrogen-bond donors (Lipinski definition) is 0. The number of thiazole rings is 1. The Morgan fingerprint density at radius 3 is 2.17 bits per heavy atom. The lowest BCUT2D eigenvalue weighted by Gasteiger charge is -2.17. The summed E-state index contributed by atoms with van der Waals surface area (Å²) in [5.41, 5.74) is 2.68. The molecule has 0 unspecified atom stereocenters. The Bertz CT molecular complexity index is 1290. The number of fused-ring (bicyclic) bond motifs is 1. The molecule has 0 saturated heterocycles. The molecule has 0 fully saturated rings. The highest BCUT2D eigenvalue weighted by molar-refractivity contribution is 7.89. The summed E-state index contributed by atoms with van der Waals surface area (Å²) < 4.78 is 29.7. The van der Waals surface area contributed by atoms with Crippen LogP contribution in [-0.2, 0) is 23.1 Å². The smallest absolute Gasteiger partial charge is 0.294 e. The number of hydrogen-bond acceptors (Lipinski definition) is 4. The molecule has 0 radical (unpaired) electrons. The summed E-state index contributed by atoms with van der Waals surface area (Å²) in [5, 5.41) is 0. The minimum atomic E-state index is -3.66. The molecular weight excluding hydrogens is 404 g/mol. The van der Waals surface area contributed by atoms with Gasteiger partial charge in [0.05, 0.1) is 21.7 Å². The number of rotatable bonds is 6. The van der Waals surface area contributed by atoms with Crippen LogP contribution in [0.5, 0.6) is 0 Å². The van der Waals surface area contributed by atoms with Gasteiger partial charge >= 0.3 is 4.87 Å². The second-order valence-corrected chi connectivity index (χ2v) is 9.85. The van der Waals surface area contributed by atoms with Gasteiger partial charge in [0.2, 0.25) is 10.0 Å². The average molecular weight is 425 g/mol. The predicted octanol–water partition coefficient (Wildman–Crippen LogP) is 3.93. The molecule has 0 aliphatic carbocycles. The molecule has 0 amide bonds. The standard InChI is InChI=1S/C22H20N2O3S2/c1-23(15-17-8-4-2-5-9-17)29(26,27)19-12-13-20-21(14-19)28-22(25)24(20)16-18-10-6-3-7-11-18/h2-14H,15-16H2,1H3. The Hall–Kier alpha value is -2.74. The Morgan fingerprint density at radius 1 is 0.897 bits per heavy atom. The van der Waals surface area contributed by atoms with Crippen LogP contribution in [-0.4, -0.2) is 24.3 Å². The van der Waals surface area contributed by atoms with Crippen molar-refractivity contribution in [1.29, 1.82) is 0 Å². The van der Waals surface area contributed by atoms with E-state index in [1.165, 1.54) is 4.31 Å². The van der Waals surface area contributed by atoms with Gasteiger partial charge in [-0.15, -0.1) is 0 Å². The van der Waals surface area contributed by atoms with Crippen LogP contribution < -0.4 is 4.87 Å². The highest BCUT2D eigenvalue weighted by Gasteiger charge is 2.22. The fourth-order valence-corrected chi connectivity index (χ4v) is 5.42. The van der Waals surface area contributed by atoms with Crippen molar-refractivity contribution in [2.45, 2.75) is 18.0 Å². The van der Waals surface area contributed by atoms with Crippen molar-refractivity contribution in [3.05, 3.63) is 99.7 Å². The zero-order valence-electron chi connectivity index (χ0n) is 15.9. The first-order valence-electron chi connectivity index (χ1n) is 9.13. The van der Waals surface area contributed by atoms with Crippen LogP contribution in [0.1, 0.15) is 11.1 Å². The molecule has 4 rings (SSSR count). The van der Waals surface area contributed by atoms with Gasteiger partial charge < -0.3 is 0 Å². The molecule has 7 heteroatoms. The third kappa shape index (κ3) is 4.03. The fourth-order valence-electron chi connectivity index (χ4n) is 3.23. The molecule has 1 aromatic heterocycles. The van der Waals surface area contributed by atoms with Gasteiger partial charge in [0.1, 0.15) is 0 Å². The second kappa shape index (κ2) is 7.94. The minimum absolute atomic E-state index is 0.101. The van der Waals surface area contributed by atoms with Crippen molar-refractivity contribution in [2.75, 3.05) is 7.05 Å². The molecule has 3 aromatic carbocycles. The quantitative estimate of drug-likeness (QED) is 0.471. The number of sulfonamides is 1. The van der Waals surface area contributed by atoms with Gasteiger partial charge in [-0.2, -0.15) is 4.31 Å². The average Bonchev–Trinajstić information content (AvgIpc) is 3.04. The summed E-state index contributed by atoms with van der Waals surface area (Å²) in [6.45, 7) is 0.742. The van der Waals surface area contributed by atoms with E-state index in [-0.39, 0.29) is 16.3 Å². The highest BCUT2D eigenvalue weighted by atomic mass is 32.2. The summed E-state index contributed by atoms with van der Waals surface area (Å²) in [4.78, 5) is 12.6. The van der Waals surface area contributed by atoms with Crippen molar-refractivity contribution in [3.8, 4) is 0 Å². The second-order valence-electron chi connectivity index (χ2n) is 6.82. The van der Waals surface area contributed by atoms with Gasteiger partial charge in [-0.25, -0.2) is 8.42 Å². The molecule has 0 spiro atoms. The van der Waals surface area contributed by atoms with Crippen LogP contribution in [0, 0.1) is 0 Å². The number of nitrogens with zero attached hydrogens (tertiary/aromatic N) is 2.